The van der Waals surface area contributed by atoms with E-state index in [1.54, 1.807) is 12.3 Å². The van der Waals surface area contributed by atoms with Gasteiger partial charge < -0.3 is 9.80 Å². The molecule has 0 bridgehead atoms. The third-order valence-electron chi connectivity index (χ3n) is 3.35. The van der Waals surface area contributed by atoms with Crippen LogP contribution >= 0.6 is 11.8 Å². The summed E-state index contributed by atoms with van der Waals surface area (Å²) < 4.78 is 0. The number of likely N-dealkylation sites (N-methyl/N-ethyl adjacent to an activating group) is 1. The molecule has 3 heterocycles. The largest absolute Gasteiger partial charge is 0.348 e. The number of rotatable bonds is 1. The standard InChI is InChI=1S/C14H16N4OS/c1-17-6-8-18(9-7-17)14-16-13(19)12(20-14)10-11-4-2-3-5-15-11/h2-5,10H,6-9H2,1H3/b12-10-. The van der Waals surface area contributed by atoms with E-state index in [1.807, 2.05) is 18.2 Å². The van der Waals surface area contributed by atoms with E-state index in [-0.39, 0.29) is 5.91 Å². The second kappa shape index (κ2) is 5.76. The third kappa shape index (κ3) is 2.91. The Morgan fingerprint density at radius 3 is 2.75 bits per heavy atom. The van der Waals surface area contributed by atoms with Crippen molar-refractivity contribution < 1.29 is 4.79 Å². The average molecular weight is 288 g/mol. The van der Waals surface area contributed by atoms with Crippen molar-refractivity contribution in [2.75, 3.05) is 33.2 Å². The van der Waals surface area contributed by atoms with Crippen molar-refractivity contribution in [2.24, 2.45) is 4.99 Å². The smallest absolute Gasteiger partial charge is 0.286 e. The molecule has 0 unspecified atom stereocenters. The van der Waals surface area contributed by atoms with Crippen molar-refractivity contribution in [2.45, 2.75) is 0 Å². The molecule has 3 rings (SSSR count). The summed E-state index contributed by atoms with van der Waals surface area (Å²) >= 11 is 1.45. The monoisotopic (exact) mass is 288 g/mol. The van der Waals surface area contributed by atoms with Gasteiger partial charge in [0.1, 0.15) is 0 Å². The van der Waals surface area contributed by atoms with Crippen LogP contribution in [0.25, 0.3) is 6.08 Å². The fourth-order valence-electron chi connectivity index (χ4n) is 2.13. The van der Waals surface area contributed by atoms with Crippen molar-refractivity contribution in [1.82, 2.24) is 14.8 Å². The van der Waals surface area contributed by atoms with Crippen molar-refractivity contribution in [3.8, 4) is 0 Å². The van der Waals surface area contributed by atoms with E-state index in [9.17, 15) is 4.79 Å². The van der Waals surface area contributed by atoms with Crippen LogP contribution in [-0.2, 0) is 4.79 Å². The lowest BCUT2D eigenvalue weighted by Crippen LogP contribution is -2.46. The van der Waals surface area contributed by atoms with Gasteiger partial charge in [-0.05, 0) is 37.0 Å². The number of aromatic nitrogens is 1. The minimum atomic E-state index is -0.158. The van der Waals surface area contributed by atoms with Crippen LogP contribution in [0.15, 0.2) is 34.3 Å². The van der Waals surface area contributed by atoms with Gasteiger partial charge in [0, 0.05) is 32.4 Å². The molecule has 0 N–H and O–H groups in total. The van der Waals surface area contributed by atoms with Crippen LogP contribution in [0.3, 0.4) is 0 Å². The number of thioether (sulfide) groups is 1. The maximum Gasteiger partial charge on any atom is 0.286 e. The van der Waals surface area contributed by atoms with E-state index >= 15 is 0 Å². The van der Waals surface area contributed by atoms with Gasteiger partial charge >= 0.3 is 0 Å². The van der Waals surface area contributed by atoms with Crippen LogP contribution in [0.2, 0.25) is 0 Å². The van der Waals surface area contributed by atoms with E-state index in [2.05, 4.69) is 26.8 Å². The summed E-state index contributed by atoms with van der Waals surface area (Å²) in [5.41, 5.74) is 0.790. The number of pyridine rings is 1. The summed E-state index contributed by atoms with van der Waals surface area (Å²) in [5.74, 6) is -0.158. The Morgan fingerprint density at radius 1 is 1.25 bits per heavy atom. The lowest BCUT2D eigenvalue weighted by molar-refractivity contribution is -0.113. The highest BCUT2D eigenvalue weighted by Crippen LogP contribution is 2.30. The summed E-state index contributed by atoms with van der Waals surface area (Å²) in [6, 6.07) is 5.65. The number of piperazine rings is 1. The molecule has 2 aliphatic heterocycles. The first-order chi connectivity index (χ1) is 9.72. The lowest BCUT2D eigenvalue weighted by Gasteiger charge is -2.32. The summed E-state index contributed by atoms with van der Waals surface area (Å²) in [5, 5.41) is 0.824. The first-order valence-corrected chi connectivity index (χ1v) is 7.41. The molecule has 0 saturated carbocycles. The molecule has 1 saturated heterocycles. The zero-order valence-electron chi connectivity index (χ0n) is 11.3. The van der Waals surface area contributed by atoms with Gasteiger partial charge in [-0.15, -0.1) is 0 Å². The number of hydrogen-bond acceptors (Lipinski definition) is 5. The topological polar surface area (TPSA) is 48.8 Å². The van der Waals surface area contributed by atoms with Crippen molar-refractivity contribution in [3.63, 3.8) is 0 Å². The maximum absolute atomic E-state index is 12.0. The summed E-state index contributed by atoms with van der Waals surface area (Å²) in [4.78, 5) is 25.4. The van der Waals surface area contributed by atoms with Crippen LogP contribution in [-0.4, -0.2) is 59.1 Å². The van der Waals surface area contributed by atoms with Gasteiger partial charge in [-0.2, -0.15) is 4.99 Å². The van der Waals surface area contributed by atoms with Crippen molar-refractivity contribution in [1.29, 1.82) is 0 Å². The Labute approximate surface area is 122 Å². The lowest BCUT2D eigenvalue weighted by atomic mass is 10.3. The molecule has 1 aromatic rings. The van der Waals surface area contributed by atoms with Crippen LogP contribution in [0.5, 0.6) is 0 Å². The molecule has 0 spiro atoms. The molecular weight excluding hydrogens is 272 g/mol. The number of carbonyl (C=O) groups excluding carboxylic acids is 1. The van der Waals surface area contributed by atoms with Gasteiger partial charge in [-0.3, -0.25) is 9.78 Å². The quantitative estimate of drug-likeness (QED) is 0.729. The fraction of sp³-hybridized carbons (Fsp3) is 0.357. The normalized spacial score (nSPS) is 22.4. The number of aliphatic imine (C=N–C) groups is 1. The number of amides is 1. The summed E-state index contributed by atoms with van der Waals surface area (Å²) in [6.07, 6.45) is 3.53. The Morgan fingerprint density at radius 2 is 2.05 bits per heavy atom. The Balaban J connectivity index is 1.71. The Kier molecular flexibility index (Phi) is 3.84. The van der Waals surface area contributed by atoms with Crippen LogP contribution in [0.4, 0.5) is 0 Å². The summed E-state index contributed by atoms with van der Waals surface area (Å²) in [7, 11) is 2.11. The highest BCUT2D eigenvalue weighted by atomic mass is 32.2. The van der Waals surface area contributed by atoms with Crippen LogP contribution in [0, 0.1) is 0 Å². The molecule has 1 aromatic heterocycles. The Hall–Kier alpha value is -1.66. The maximum atomic E-state index is 12.0. The highest BCUT2D eigenvalue weighted by molar-refractivity contribution is 8.18. The van der Waals surface area contributed by atoms with E-state index in [0.29, 0.717) is 4.91 Å². The number of hydrogen-bond donors (Lipinski definition) is 0. The molecule has 1 fully saturated rings. The zero-order valence-corrected chi connectivity index (χ0v) is 12.1. The van der Waals surface area contributed by atoms with E-state index in [1.165, 1.54) is 11.8 Å². The molecule has 0 aromatic carbocycles. The van der Waals surface area contributed by atoms with Crippen LogP contribution < -0.4 is 0 Å². The highest BCUT2D eigenvalue weighted by Gasteiger charge is 2.27. The first kappa shape index (κ1) is 13.3. The van der Waals surface area contributed by atoms with Gasteiger partial charge in [0.15, 0.2) is 5.17 Å². The van der Waals surface area contributed by atoms with Crippen LogP contribution in [0.1, 0.15) is 5.69 Å². The predicted molar refractivity (Wildman–Crippen MR) is 81.3 cm³/mol. The molecule has 5 nitrogen and oxygen atoms in total. The Bertz CT molecular complexity index is 562. The molecule has 1 amide bonds. The third-order valence-corrected chi connectivity index (χ3v) is 4.39. The summed E-state index contributed by atoms with van der Waals surface area (Å²) in [6.45, 7) is 3.86. The molecule has 20 heavy (non-hydrogen) atoms. The molecule has 2 aliphatic rings. The zero-order chi connectivity index (χ0) is 13.9. The molecule has 6 heteroatoms. The van der Waals surface area contributed by atoms with Gasteiger partial charge in [-0.25, -0.2) is 0 Å². The molecule has 0 aliphatic carbocycles. The van der Waals surface area contributed by atoms with E-state index in [4.69, 9.17) is 0 Å². The average Bonchev–Trinajstić information content (AvgIpc) is 2.82. The molecule has 0 radical (unpaired) electrons. The van der Waals surface area contributed by atoms with Crippen molar-refractivity contribution >= 4 is 28.9 Å². The minimum Gasteiger partial charge on any atom is -0.348 e. The minimum absolute atomic E-state index is 0.158. The predicted octanol–water partition coefficient (Wildman–Crippen LogP) is 1.30. The molecular formula is C14H16N4OS. The van der Waals surface area contributed by atoms with Gasteiger partial charge in [0.2, 0.25) is 0 Å². The van der Waals surface area contributed by atoms with E-state index < -0.39 is 0 Å². The van der Waals surface area contributed by atoms with E-state index in [0.717, 1.165) is 37.0 Å². The number of carbonyl (C=O) groups is 1. The molecule has 0 atom stereocenters. The van der Waals surface area contributed by atoms with Gasteiger partial charge in [0.25, 0.3) is 5.91 Å². The first-order valence-electron chi connectivity index (χ1n) is 6.59. The molecule has 104 valence electrons. The SMILES string of the molecule is CN1CCN(C2=NC(=O)/C(=C/c3ccccn3)S2)CC1. The second-order valence-electron chi connectivity index (χ2n) is 4.86. The van der Waals surface area contributed by atoms with Gasteiger partial charge in [0.05, 0.1) is 10.6 Å². The van der Waals surface area contributed by atoms with Gasteiger partial charge in [-0.1, -0.05) is 6.07 Å². The van der Waals surface area contributed by atoms with Crippen molar-refractivity contribution in [3.05, 3.63) is 35.0 Å². The number of amidine groups is 1. The fourth-order valence-corrected chi connectivity index (χ4v) is 3.08. The second-order valence-corrected chi connectivity index (χ2v) is 5.86. The number of nitrogens with zero attached hydrogens (tertiary/aromatic N) is 4.